The fourth-order valence-electron chi connectivity index (χ4n) is 3.80. The molecule has 4 heteroatoms. The number of piperidine rings is 1. The molecular weight excluding hydrogens is 264 g/mol. The summed E-state index contributed by atoms with van der Waals surface area (Å²) in [6.07, 6.45) is 5.89. The third kappa shape index (κ3) is 5.51. The predicted octanol–water partition coefficient (Wildman–Crippen LogP) is 1.88. The summed E-state index contributed by atoms with van der Waals surface area (Å²) in [7, 11) is 0. The molecule has 2 aliphatic heterocycles. The first-order valence-electron chi connectivity index (χ1n) is 8.78. The van der Waals surface area contributed by atoms with Gasteiger partial charge in [-0.1, -0.05) is 13.8 Å². The number of nitrogens with one attached hydrogen (secondary N) is 1. The topological polar surface area (TPSA) is 44.7 Å². The Bertz CT molecular complexity index is 289. The zero-order valence-electron chi connectivity index (χ0n) is 13.9. The molecule has 2 heterocycles. The third-order valence-corrected chi connectivity index (χ3v) is 5.14. The molecule has 2 rings (SSSR count). The van der Waals surface area contributed by atoms with Gasteiger partial charge in [0.1, 0.15) is 0 Å². The van der Waals surface area contributed by atoms with Crippen molar-refractivity contribution in [1.82, 2.24) is 10.2 Å². The lowest BCUT2D eigenvalue weighted by atomic mass is 9.78. The highest BCUT2D eigenvalue weighted by atomic mass is 16.5. The van der Waals surface area contributed by atoms with Gasteiger partial charge in [0.25, 0.3) is 0 Å². The van der Waals surface area contributed by atoms with Gasteiger partial charge in [0.05, 0.1) is 0 Å². The van der Waals surface area contributed by atoms with E-state index < -0.39 is 0 Å². The molecular formula is C17H34N2O2. The van der Waals surface area contributed by atoms with Crippen LogP contribution in [0.2, 0.25) is 0 Å². The lowest BCUT2D eigenvalue weighted by molar-refractivity contribution is -0.0127. The Morgan fingerprint density at radius 1 is 1.33 bits per heavy atom. The highest BCUT2D eigenvalue weighted by molar-refractivity contribution is 4.89. The van der Waals surface area contributed by atoms with E-state index in [-0.39, 0.29) is 0 Å². The first-order chi connectivity index (χ1) is 10.1. The summed E-state index contributed by atoms with van der Waals surface area (Å²) < 4.78 is 5.60. The molecule has 2 saturated heterocycles. The molecule has 21 heavy (non-hydrogen) atoms. The van der Waals surface area contributed by atoms with E-state index in [4.69, 9.17) is 4.74 Å². The molecule has 0 amide bonds. The van der Waals surface area contributed by atoms with Gasteiger partial charge in [0, 0.05) is 45.5 Å². The number of hydrogen-bond acceptors (Lipinski definition) is 4. The van der Waals surface area contributed by atoms with Crippen molar-refractivity contribution in [2.24, 2.45) is 11.3 Å². The second kappa shape index (κ2) is 8.47. The zero-order chi connectivity index (χ0) is 15.1. The van der Waals surface area contributed by atoms with Crippen LogP contribution < -0.4 is 5.32 Å². The van der Waals surface area contributed by atoms with Crippen LogP contribution in [0.15, 0.2) is 0 Å². The molecule has 0 aromatic heterocycles. The fourth-order valence-corrected chi connectivity index (χ4v) is 3.80. The highest BCUT2D eigenvalue weighted by Gasteiger charge is 2.35. The second-order valence-corrected chi connectivity index (χ2v) is 7.40. The molecule has 124 valence electrons. The van der Waals surface area contributed by atoms with Crippen LogP contribution in [0.25, 0.3) is 0 Å². The van der Waals surface area contributed by atoms with E-state index in [1.165, 1.54) is 45.3 Å². The normalized spacial score (nSPS) is 27.1. The molecule has 2 fully saturated rings. The van der Waals surface area contributed by atoms with E-state index in [0.717, 1.165) is 26.2 Å². The number of aliphatic hydroxyl groups excluding tert-OH is 1. The molecule has 0 aliphatic carbocycles. The largest absolute Gasteiger partial charge is 0.396 e. The molecule has 0 saturated carbocycles. The Balaban J connectivity index is 1.90. The van der Waals surface area contributed by atoms with Gasteiger partial charge in [-0.3, -0.25) is 0 Å². The van der Waals surface area contributed by atoms with Crippen LogP contribution in [-0.2, 0) is 4.74 Å². The minimum Gasteiger partial charge on any atom is -0.396 e. The van der Waals surface area contributed by atoms with Gasteiger partial charge in [0.2, 0.25) is 0 Å². The SMILES string of the molecule is CC(C)NCC1(CN2CCCC(CCO)C2)CCOCC1. The number of aliphatic hydroxyl groups is 1. The van der Waals surface area contributed by atoms with E-state index in [1.807, 2.05) is 0 Å². The maximum Gasteiger partial charge on any atom is 0.0472 e. The number of rotatable bonds is 7. The Morgan fingerprint density at radius 3 is 2.76 bits per heavy atom. The first-order valence-corrected chi connectivity index (χ1v) is 8.78. The molecule has 4 nitrogen and oxygen atoms in total. The van der Waals surface area contributed by atoms with Gasteiger partial charge in [0.15, 0.2) is 0 Å². The Morgan fingerprint density at radius 2 is 2.10 bits per heavy atom. The first kappa shape index (κ1) is 17.2. The predicted molar refractivity (Wildman–Crippen MR) is 86.5 cm³/mol. The lowest BCUT2D eigenvalue weighted by Gasteiger charge is -2.44. The monoisotopic (exact) mass is 298 g/mol. The summed E-state index contributed by atoms with van der Waals surface area (Å²) in [6, 6.07) is 0.549. The zero-order valence-corrected chi connectivity index (χ0v) is 13.9. The smallest absolute Gasteiger partial charge is 0.0472 e. The Labute approximate surface area is 130 Å². The van der Waals surface area contributed by atoms with Gasteiger partial charge < -0.3 is 20.1 Å². The van der Waals surface area contributed by atoms with E-state index in [2.05, 4.69) is 24.1 Å². The van der Waals surface area contributed by atoms with Crippen molar-refractivity contribution in [3.05, 3.63) is 0 Å². The van der Waals surface area contributed by atoms with Gasteiger partial charge in [-0.2, -0.15) is 0 Å². The highest BCUT2D eigenvalue weighted by Crippen LogP contribution is 2.33. The van der Waals surface area contributed by atoms with E-state index in [1.54, 1.807) is 0 Å². The van der Waals surface area contributed by atoms with E-state index in [0.29, 0.717) is 24.0 Å². The van der Waals surface area contributed by atoms with Gasteiger partial charge in [-0.05, 0) is 50.0 Å². The quantitative estimate of drug-likeness (QED) is 0.753. The number of likely N-dealkylation sites (tertiary alicyclic amines) is 1. The van der Waals surface area contributed by atoms with Crippen LogP contribution in [0.4, 0.5) is 0 Å². The molecule has 0 radical (unpaired) electrons. The van der Waals surface area contributed by atoms with Crippen molar-refractivity contribution in [3.8, 4) is 0 Å². The Kier molecular flexibility index (Phi) is 6.93. The van der Waals surface area contributed by atoms with Crippen molar-refractivity contribution >= 4 is 0 Å². The number of ether oxygens (including phenoxy) is 1. The summed E-state index contributed by atoms with van der Waals surface area (Å²) in [5.74, 6) is 0.693. The molecule has 0 aromatic rings. The summed E-state index contributed by atoms with van der Waals surface area (Å²) in [5, 5.41) is 12.8. The van der Waals surface area contributed by atoms with Gasteiger partial charge in [-0.15, -0.1) is 0 Å². The fraction of sp³-hybridized carbons (Fsp3) is 1.00. The number of nitrogens with zero attached hydrogens (tertiary/aromatic N) is 1. The Hall–Kier alpha value is -0.160. The van der Waals surface area contributed by atoms with Crippen LogP contribution in [-0.4, -0.2) is 62.0 Å². The summed E-state index contributed by atoms with van der Waals surface area (Å²) in [5.41, 5.74) is 0.379. The third-order valence-electron chi connectivity index (χ3n) is 5.14. The molecule has 1 unspecified atom stereocenters. The van der Waals surface area contributed by atoms with Gasteiger partial charge in [-0.25, -0.2) is 0 Å². The standard InChI is InChI=1S/C17H34N2O2/c1-15(2)18-13-17(6-10-21-11-7-17)14-19-8-3-4-16(12-19)5-9-20/h15-16,18,20H,3-14H2,1-2H3. The molecule has 2 aliphatic rings. The maximum absolute atomic E-state index is 9.18. The van der Waals surface area contributed by atoms with Crippen molar-refractivity contribution < 1.29 is 9.84 Å². The number of hydrogen-bond donors (Lipinski definition) is 2. The molecule has 0 aromatic carbocycles. The summed E-state index contributed by atoms with van der Waals surface area (Å²) in [6.45, 7) is 11.3. The summed E-state index contributed by atoms with van der Waals surface area (Å²) in [4.78, 5) is 2.65. The second-order valence-electron chi connectivity index (χ2n) is 7.40. The molecule has 1 atom stereocenters. The van der Waals surface area contributed by atoms with Crippen molar-refractivity contribution in [1.29, 1.82) is 0 Å². The molecule has 0 spiro atoms. The van der Waals surface area contributed by atoms with Crippen LogP contribution in [0.1, 0.15) is 46.0 Å². The average Bonchev–Trinajstić information content (AvgIpc) is 2.47. The van der Waals surface area contributed by atoms with Gasteiger partial charge >= 0.3 is 0 Å². The van der Waals surface area contributed by atoms with Crippen molar-refractivity contribution in [2.75, 3.05) is 46.0 Å². The van der Waals surface area contributed by atoms with Crippen LogP contribution in [0.5, 0.6) is 0 Å². The lowest BCUT2D eigenvalue weighted by Crippen LogP contribution is -2.50. The van der Waals surface area contributed by atoms with Crippen LogP contribution >= 0.6 is 0 Å². The van der Waals surface area contributed by atoms with E-state index >= 15 is 0 Å². The maximum atomic E-state index is 9.18. The van der Waals surface area contributed by atoms with Crippen LogP contribution in [0, 0.1) is 11.3 Å². The average molecular weight is 298 g/mol. The van der Waals surface area contributed by atoms with Crippen LogP contribution in [0.3, 0.4) is 0 Å². The molecule has 0 bridgehead atoms. The van der Waals surface area contributed by atoms with Crippen molar-refractivity contribution in [2.45, 2.75) is 52.0 Å². The minimum atomic E-state index is 0.340. The minimum absolute atomic E-state index is 0.340. The van der Waals surface area contributed by atoms with E-state index in [9.17, 15) is 5.11 Å². The molecule has 2 N–H and O–H groups in total. The summed E-state index contributed by atoms with van der Waals surface area (Å²) >= 11 is 0. The van der Waals surface area contributed by atoms with Crippen molar-refractivity contribution in [3.63, 3.8) is 0 Å².